The number of alkyl halides is 2. The number of nitrogens with one attached hydrogen (secondary N) is 1. The second kappa shape index (κ2) is 12.7. The van der Waals surface area contributed by atoms with Crippen molar-refractivity contribution in [2.75, 3.05) is 9.80 Å². The van der Waals surface area contributed by atoms with Gasteiger partial charge < -0.3 is 5.32 Å². The lowest BCUT2D eigenvalue weighted by atomic mass is 9.87. The van der Waals surface area contributed by atoms with Gasteiger partial charge in [-0.15, -0.1) is 0 Å². The zero-order valence-electron chi connectivity index (χ0n) is 23.6. The lowest BCUT2D eigenvalue weighted by Gasteiger charge is -2.38. The smallest absolute Gasteiger partial charge is 0.252 e. The third-order valence-corrected chi connectivity index (χ3v) is 8.07. The Balaban J connectivity index is 1.59. The molecule has 3 aromatic rings. The number of hydrogen-bond donors (Lipinski definition) is 1. The number of carbonyl (C=O) groups excluding carboxylic acids is 3. The van der Waals surface area contributed by atoms with E-state index in [4.69, 9.17) is 11.6 Å². The summed E-state index contributed by atoms with van der Waals surface area (Å²) in [6.07, 6.45) is 0.278. The number of amides is 3. The van der Waals surface area contributed by atoms with Crippen LogP contribution in [0.2, 0.25) is 5.02 Å². The predicted molar refractivity (Wildman–Crippen MR) is 158 cm³/mol. The highest BCUT2D eigenvalue weighted by Gasteiger charge is 2.47. The maximum atomic E-state index is 14.4. The van der Waals surface area contributed by atoms with Crippen molar-refractivity contribution in [1.82, 2.24) is 10.3 Å². The lowest BCUT2D eigenvalue weighted by molar-refractivity contribution is -0.133. The molecule has 1 aliphatic heterocycles. The van der Waals surface area contributed by atoms with Gasteiger partial charge in [-0.1, -0.05) is 29.8 Å². The highest BCUT2D eigenvalue weighted by atomic mass is 35.5. The molecule has 2 atom stereocenters. The first-order chi connectivity index (χ1) is 21.5. The number of benzene rings is 2. The van der Waals surface area contributed by atoms with Crippen molar-refractivity contribution in [3.8, 4) is 18.2 Å². The summed E-state index contributed by atoms with van der Waals surface area (Å²) in [5, 5.41) is 31.4. The molecule has 2 aliphatic rings. The number of pyridine rings is 1. The zero-order valence-corrected chi connectivity index (χ0v) is 24.3. The van der Waals surface area contributed by atoms with Gasteiger partial charge in [0.15, 0.2) is 0 Å². The minimum Gasteiger partial charge on any atom is -0.351 e. The van der Waals surface area contributed by atoms with Crippen LogP contribution in [0.15, 0.2) is 60.8 Å². The van der Waals surface area contributed by atoms with E-state index in [2.05, 4.69) is 10.3 Å². The molecule has 1 N–H and O–H groups in total. The average Bonchev–Trinajstić information content (AvgIpc) is 3.38. The summed E-state index contributed by atoms with van der Waals surface area (Å²) in [5.74, 6) is -4.52. The molecule has 10 nitrogen and oxygen atoms in total. The zero-order chi connectivity index (χ0) is 32.3. The van der Waals surface area contributed by atoms with E-state index in [1.54, 1.807) is 12.1 Å². The number of hydrogen-bond acceptors (Lipinski definition) is 7. The van der Waals surface area contributed by atoms with Gasteiger partial charge in [0, 0.05) is 60.2 Å². The van der Waals surface area contributed by atoms with Crippen LogP contribution in [0.5, 0.6) is 0 Å². The number of nitriles is 3. The van der Waals surface area contributed by atoms with Gasteiger partial charge in [0.25, 0.3) is 5.92 Å². The quantitative estimate of drug-likeness (QED) is 0.372. The van der Waals surface area contributed by atoms with E-state index in [-0.39, 0.29) is 64.0 Å². The number of aromatic nitrogens is 1. The normalized spacial score (nSPS) is 17.7. The molecule has 226 valence electrons. The molecule has 3 amide bonds. The SMILES string of the molecule is N#Cc1cc(C#N)cc(N(C(=O)C[C@@H]2CCC(=O)N2c2cc(C#N)ccn2)C(C(=O)NC2CC(F)(F)C2)c2ccccc2Cl)c1. The summed E-state index contributed by atoms with van der Waals surface area (Å²) in [4.78, 5) is 48.0. The van der Waals surface area contributed by atoms with Crippen LogP contribution in [0.25, 0.3) is 0 Å². The third-order valence-electron chi connectivity index (χ3n) is 7.72. The first-order valence-electron chi connectivity index (χ1n) is 13.9. The Morgan fingerprint density at radius 2 is 1.71 bits per heavy atom. The van der Waals surface area contributed by atoms with E-state index in [0.29, 0.717) is 0 Å². The number of halogens is 3. The highest BCUT2D eigenvalue weighted by Crippen LogP contribution is 2.39. The molecule has 13 heteroatoms. The van der Waals surface area contributed by atoms with Gasteiger partial charge in [-0.25, -0.2) is 13.8 Å². The summed E-state index contributed by atoms with van der Waals surface area (Å²) in [6.45, 7) is 0. The van der Waals surface area contributed by atoms with E-state index >= 15 is 0 Å². The van der Waals surface area contributed by atoms with Crippen LogP contribution in [-0.2, 0) is 14.4 Å². The van der Waals surface area contributed by atoms with Gasteiger partial charge in [-0.2, -0.15) is 15.8 Å². The van der Waals surface area contributed by atoms with Crippen molar-refractivity contribution < 1.29 is 23.2 Å². The molecule has 0 radical (unpaired) electrons. The molecule has 5 rings (SSSR count). The summed E-state index contributed by atoms with van der Waals surface area (Å²) < 4.78 is 27.4. The second-order valence-electron chi connectivity index (χ2n) is 10.8. The summed E-state index contributed by atoms with van der Waals surface area (Å²) >= 11 is 6.54. The Kier molecular flexibility index (Phi) is 8.76. The molecule has 2 heterocycles. The molecule has 1 saturated heterocycles. The van der Waals surface area contributed by atoms with Gasteiger partial charge in [0.05, 0.1) is 34.9 Å². The van der Waals surface area contributed by atoms with E-state index < -0.39 is 48.7 Å². The standard InChI is InChI=1S/C32H24ClF2N7O3/c33-26-4-2-1-3-25(26)30(31(45)40-22-14-32(34,35)15-22)42(24-10-20(17-37)9-21(11-24)18-38)29(44)13-23-5-6-28(43)41(23)27-12-19(16-36)7-8-39-27/h1-4,7-12,22-23,30H,5-6,13-15H2,(H,40,45)/t23-,30?/m0/s1. The molecule has 45 heavy (non-hydrogen) atoms. The van der Waals surface area contributed by atoms with Crippen molar-refractivity contribution in [2.45, 2.75) is 56.2 Å². The number of nitrogens with zero attached hydrogens (tertiary/aromatic N) is 6. The molecule has 1 saturated carbocycles. The van der Waals surface area contributed by atoms with Crippen LogP contribution in [0, 0.1) is 34.0 Å². The number of anilines is 2. The maximum Gasteiger partial charge on any atom is 0.252 e. The monoisotopic (exact) mass is 627 g/mol. The van der Waals surface area contributed by atoms with Crippen LogP contribution in [0.3, 0.4) is 0 Å². The first-order valence-corrected chi connectivity index (χ1v) is 14.3. The van der Waals surface area contributed by atoms with Crippen molar-refractivity contribution in [2.24, 2.45) is 0 Å². The van der Waals surface area contributed by atoms with Gasteiger partial charge in [-0.05, 0) is 42.8 Å². The summed E-state index contributed by atoms with van der Waals surface area (Å²) in [7, 11) is 0. The topological polar surface area (TPSA) is 154 Å². The first kappa shape index (κ1) is 31.1. The van der Waals surface area contributed by atoms with Crippen molar-refractivity contribution >= 4 is 40.8 Å². The highest BCUT2D eigenvalue weighted by molar-refractivity contribution is 6.31. The van der Waals surface area contributed by atoms with Crippen molar-refractivity contribution in [3.63, 3.8) is 0 Å². The van der Waals surface area contributed by atoms with Gasteiger partial charge in [-0.3, -0.25) is 24.2 Å². The fourth-order valence-corrected chi connectivity index (χ4v) is 5.86. The molecular weight excluding hydrogens is 604 g/mol. The fraction of sp³-hybridized carbons (Fsp3) is 0.281. The van der Waals surface area contributed by atoms with Gasteiger partial charge in [0.2, 0.25) is 17.7 Å². The Hall–Kier alpha value is -5.38. The Morgan fingerprint density at radius 1 is 1.04 bits per heavy atom. The molecule has 2 aromatic carbocycles. The maximum absolute atomic E-state index is 14.4. The molecule has 0 spiro atoms. The minimum atomic E-state index is -2.93. The minimum absolute atomic E-state index is 0.0232. The van der Waals surface area contributed by atoms with Crippen molar-refractivity contribution in [3.05, 3.63) is 88.1 Å². The predicted octanol–water partition coefficient (Wildman–Crippen LogP) is 4.92. The van der Waals surface area contributed by atoms with Crippen LogP contribution in [-0.4, -0.2) is 40.7 Å². The van der Waals surface area contributed by atoms with Crippen LogP contribution in [0.4, 0.5) is 20.3 Å². The van der Waals surface area contributed by atoms with E-state index in [1.165, 1.54) is 53.6 Å². The van der Waals surface area contributed by atoms with E-state index in [9.17, 15) is 39.0 Å². The molecule has 1 aliphatic carbocycles. The Morgan fingerprint density at radius 3 is 2.33 bits per heavy atom. The number of rotatable bonds is 8. The van der Waals surface area contributed by atoms with Gasteiger partial charge in [0.1, 0.15) is 11.9 Å². The van der Waals surface area contributed by atoms with Crippen LogP contribution < -0.4 is 15.1 Å². The lowest BCUT2D eigenvalue weighted by Crippen LogP contribution is -2.54. The summed E-state index contributed by atoms with van der Waals surface area (Å²) in [6, 6.07) is 16.0. The average molecular weight is 628 g/mol. The second-order valence-corrected chi connectivity index (χ2v) is 11.2. The third kappa shape index (κ3) is 6.59. The van der Waals surface area contributed by atoms with Crippen molar-refractivity contribution in [1.29, 1.82) is 15.8 Å². The molecule has 1 unspecified atom stereocenters. The molecule has 1 aromatic heterocycles. The molecular formula is C32H24ClF2N7O3. The largest absolute Gasteiger partial charge is 0.351 e. The van der Waals surface area contributed by atoms with E-state index in [0.717, 1.165) is 4.90 Å². The summed E-state index contributed by atoms with van der Waals surface area (Å²) in [5.41, 5.74) is 0.540. The Labute approximate surface area is 262 Å². The molecule has 2 fully saturated rings. The molecule has 0 bridgehead atoms. The van der Waals surface area contributed by atoms with Gasteiger partial charge >= 0.3 is 0 Å². The Bertz CT molecular complexity index is 1770. The van der Waals surface area contributed by atoms with Crippen LogP contribution in [0.1, 0.15) is 60.4 Å². The van der Waals surface area contributed by atoms with E-state index in [1.807, 2.05) is 18.2 Å². The number of carbonyl (C=O) groups is 3. The fourth-order valence-electron chi connectivity index (χ4n) is 5.63. The van der Waals surface area contributed by atoms with Crippen LogP contribution >= 0.6 is 11.6 Å².